The number of anilines is 1. The molecule has 2 aromatic heterocycles. The molecule has 0 saturated carbocycles. The van der Waals surface area contributed by atoms with Crippen LogP contribution in [0.1, 0.15) is 74.5 Å². The highest BCUT2D eigenvalue weighted by Gasteiger charge is 2.35. The van der Waals surface area contributed by atoms with E-state index in [2.05, 4.69) is 49.9 Å². The highest BCUT2D eigenvalue weighted by molar-refractivity contribution is 5.97. The number of nitrogens with two attached hydrogens (primary N) is 1. The standard InChI is InChI=1S/C20H27N5O/c1-19(2,3)18-23-11-13-14(9-20(4,5)10-15(13)25-18)24-17-12(16(21)26)7-6-8-22-17/h6-8,11,14H,9-10H2,1-5H3,(H2,21,26)(H,22,24)/t14-/m0/s1. The average molecular weight is 353 g/mol. The molecule has 0 saturated heterocycles. The Bertz CT molecular complexity index is 838. The minimum atomic E-state index is -0.491. The van der Waals surface area contributed by atoms with E-state index in [1.165, 1.54) is 0 Å². The van der Waals surface area contributed by atoms with Gasteiger partial charge in [-0.15, -0.1) is 0 Å². The summed E-state index contributed by atoms with van der Waals surface area (Å²) in [5, 5.41) is 3.41. The van der Waals surface area contributed by atoms with Gasteiger partial charge in [0, 0.05) is 29.1 Å². The summed E-state index contributed by atoms with van der Waals surface area (Å²) in [6, 6.07) is 3.38. The third-order valence-corrected chi connectivity index (χ3v) is 4.73. The molecule has 2 heterocycles. The fourth-order valence-corrected chi connectivity index (χ4v) is 3.42. The van der Waals surface area contributed by atoms with Gasteiger partial charge in [0.1, 0.15) is 11.6 Å². The average Bonchev–Trinajstić information content (AvgIpc) is 2.52. The topological polar surface area (TPSA) is 93.8 Å². The highest BCUT2D eigenvalue weighted by Crippen LogP contribution is 2.41. The van der Waals surface area contributed by atoms with Gasteiger partial charge in [0.05, 0.1) is 11.6 Å². The van der Waals surface area contributed by atoms with Gasteiger partial charge < -0.3 is 11.1 Å². The zero-order valence-corrected chi connectivity index (χ0v) is 16.1. The number of nitrogens with one attached hydrogen (secondary N) is 1. The Balaban J connectivity index is 2.01. The molecule has 1 aliphatic carbocycles. The smallest absolute Gasteiger partial charge is 0.252 e. The number of carbonyl (C=O) groups is 1. The molecule has 3 N–H and O–H groups in total. The van der Waals surface area contributed by atoms with E-state index in [0.717, 1.165) is 29.9 Å². The van der Waals surface area contributed by atoms with Crippen LogP contribution in [-0.4, -0.2) is 20.9 Å². The normalized spacial score (nSPS) is 18.9. The molecule has 2 aromatic rings. The van der Waals surface area contributed by atoms with E-state index >= 15 is 0 Å². The molecule has 26 heavy (non-hydrogen) atoms. The Hall–Kier alpha value is -2.50. The first-order valence-corrected chi connectivity index (χ1v) is 8.94. The van der Waals surface area contributed by atoms with Crippen molar-refractivity contribution in [3.05, 3.63) is 47.2 Å². The maximum Gasteiger partial charge on any atom is 0.252 e. The van der Waals surface area contributed by atoms with Crippen LogP contribution in [0.2, 0.25) is 0 Å². The summed E-state index contributed by atoms with van der Waals surface area (Å²) in [6.07, 6.45) is 5.37. The van der Waals surface area contributed by atoms with Gasteiger partial charge in [0.2, 0.25) is 0 Å². The lowest BCUT2D eigenvalue weighted by Crippen LogP contribution is -2.32. The minimum Gasteiger partial charge on any atom is -0.365 e. The van der Waals surface area contributed by atoms with Crippen LogP contribution in [0.25, 0.3) is 0 Å². The van der Waals surface area contributed by atoms with E-state index in [9.17, 15) is 4.79 Å². The number of carbonyl (C=O) groups excluding carboxylic acids is 1. The van der Waals surface area contributed by atoms with Crippen molar-refractivity contribution < 1.29 is 4.79 Å². The zero-order chi connectivity index (χ0) is 19.1. The van der Waals surface area contributed by atoms with Gasteiger partial charge in [-0.1, -0.05) is 34.6 Å². The van der Waals surface area contributed by atoms with Gasteiger partial charge >= 0.3 is 0 Å². The number of fused-ring (bicyclic) bond motifs is 1. The summed E-state index contributed by atoms with van der Waals surface area (Å²) in [5.41, 5.74) is 8.00. The molecule has 0 spiro atoms. The van der Waals surface area contributed by atoms with Crippen molar-refractivity contribution in [1.82, 2.24) is 15.0 Å². The predicted molar refractivity (Wildman–Crippen MR) is 102 cm³/mol. The van der Waals surface area contributed by atoms with Crippen molar-refractivity contribution in [3.8, 4) is 0 Å². The summed E-state index contributed by atoms with van der Waals surface area (Å²) in [4.78, 5) is 25.5. The van der Waals surface area contributed by atoms with E-state index in [0.29, 0.717) is 11.4 Å². The molecule has 3 rings (SSSR count). The van der Waals surface area contributed by atoms with Crippen molar-refractivity contribution in [1.29, 1.82) is 0 Å². The van der Waals surface area contributed by atoms with Crippen LogP contribution < -0.4 is 11.1 Å². The molecule has 6 heteroatoms. The number of hydrogen-bond donors (Lipinski definition) is 2. The number of hydrogen-bond acceptors (Lipinski definition) is 5. The fraction of sp³-hybridized carbons (Fsp3) is 0.500. The maximum atomic E-state index is 11.7. The summed E-state index contributed by atoms with van der Waals surface area (Å²) < 4.78 is 0. The first-order valence-electron chi connectivity index (χ1n) is 8.94. The first-order chi connectivity index (χ1) is 12.1. The first kappa shape index (κ1) is 18.3. The van der Waals surface area contributed by atoms with Gasteiger partial charge in [0.15, 0.2) is 0 Å². The number of aromatic nitrogens is 3. The van der Waals surface area contributed by atoms with Gasteiger partial charge in [-0.05, 0) is 30.4 Å². The molecule has 0 unspecified atom stereocenters. The maximum absolute atomic E-state index is 11.7. The van der Waals surface area contributed by atoms with Crippen molar-refractivity contribution in [2.24, 2.45) is 11.1 Å². The van der Waals surface area contributed by atoms with Crippen LogP contribution in [0.4, 0.5) is 5.82 Å². The second-order valence-electron chi connectivity index (χ2n) is 8.85. The molecule has 138 valence electrons. The lowest BCUT2D eigenvalue weighted by atomic mass is 9.74. The highest BCUT2D eigenvalue weighted by atomic mass is 16.1. The van der Waals surface area contributed by atoms with Crippen LogP contribution >= 0.6 is 0 Å². The SMILES string of the molecule is CC1(C)Cc2nc(C(C)(C)C)ncc2[C@@H](Nc2ncccc2C(N)=O)C1. The van der Waals surface area contributed by atoms with Gasteiger partial charge in [0.25, 0.3) is 5.91 Å². The molecule has 6 nitrogen and oxygen atoms in total. The summed E-state index contributed by atoms with van der Waals surface area (Å²) in [5.74, 6) is 0.868. The second kappa shape index (κ2) is 6.34. The quantitative estimate of drug-likeness (QED) is 0.882. The Morgan fingerprint density at radius 1 is 1.31 bits per heavy atom. The summed E-state index contributed by atoms with van der Waals surface area (Å²) in [6.45, 7) is 10.8. The third-order valence-electron chi connectivity index (χ3n) is 4.73. The van der Waals surface area contributed by atoms with Crippen LogP contribution in [0, 0.1) is 5.41 Å². The monoisotopic (exact) mass is 353 g/mol. The molecular formula is C20H27N5O. The lowest BCUT2D eigenvalue weighted by Gasteiger charge is -2.37. The Kier molecular flexibility index (Phi) is 4.46. The fourth-order valence-electron chi connectivity index (χ4n) is 3.42. The number of nitrogens with zero attached hydrogens (tertiary/aromatic N) is 3. The van der Waals surface area contributed by atoms with Crippen LogP contribution in [0.15, 0.2) is 24.5 Å². The zero-order valence-electron chi connectivity index (χ0n) is 16.1. The molecule has 0 aliphatic heterocycles. The molecule has 0 aromatic carbocycles. The lowest BCUT2D eigenvalue weighted by molar-refractivity contribution is 0.100. The third kappa shape index (κ3) is 3.69. The molecule has 0 radical (unpaired) electrons. The van der Waals surface area contributed by atoms with Gasteiger partial charge in [-0.25, -0.2) is 15.0 Å². The van der Waals surface area contributed by atoms with Crippen LogP contribution in [0.3, 0.4) is 0 Å². The summed E-state index contributed by atoms with van der Waals surface area (Å²) >= 11 is 0. The van der Waals surface area contributed by atoms with E-state index < -0.39 is 5.91 Å². The largest absolute Gasteiger partial charge is 0.365 e. The van der Waals surface area contributed by atoms with E-state index in [-0.39, 0.29) is 16.9 Å². The molecule has 1 amide bonds. The summed E-state index contributed by atoms with van der Waals surface area (Å²) in [7, 11) is 0. The number of pyridine rings is 1. The molecule has 0 bridgehead atoms. The van der Waals surface area contributed by atoms with Crippen molar-refractivity contribution in [2.75, 3.05) is 5.32 Å². The van der Waals surface area contributed by atoms with Crippen molar-refractivity contribution in [2.45, 2.75) is 58.9 Å². The van der Waals surface area contributed by atoms with Crippen LogP contribution in [-0.2, 0) is 11.8 Å². The van der Waals surface area contributed by atoms with Crippen molar-refractivity contribution >= 4 is 11.7 Å². The van der Waals surface area contributed by atoms with E-state index in [4.69, 9.17) is 10.7 Å². The molecular weight excluding hydrogens is 326 g/mol. The molecule has 1 aliphatic rings. The Morgan fingerprint density at radius 3 is 2.69 bits per heavy atom. The Labute approximate surface area is 154 Å². The van der Waals surface area contributed by atoms with Crippen molar-refractivity contribution in [3.63, 3.8) is 0 Å². The minimum absolute atomic E-state index is 0.0178. The van der Waals surface area contributed by atoms with Gasteiger partial charge in [-0.2, -0.15) is 0 Å². The predicted octanol–water partition coefficient (Wildman–Crippen LogP) is 3.39. The number of primary amides is 1. The number of rotatable bonds is 3. The second-order valence-corrected chi connectivity index (χ2v) is 8.85. The molecule has 1 atom stereocenters. The van der Waals surface area contributed by atoms with E-state index in [1.54, 1.807) is 18.3 Å². The molecule has 0 fully saturated rings. The van der Waals surface area contributed by atoms with Crippen LogP contribution in [0.5, 0.6) is 0 Å². The Morgan fingerprint density at radius 2 is 2.04 bits per heavy atom. The van der Waals surface area contributed by atoms with E-state index in [1.807, 2.05) is 6.20 Å². The number of amides is 1. The van der Waals surface area contributed by atoms with Gasteiger partial charge in [-0.3, -0.25) is 4.79 Å².